The maximum atomic E-state index is 15.7. The molecule has 1 fully saturated rings. The van der Waals surface area contributed by atoms with E-state index in [0.29, 0.717) is 27.2 Å². The second kappa shape index (κ2) is 26.8. The first-order valence-electron chi connectivity index (χ1n) is 29.1. The normalized spacial score (nSPS) is 15.1. The summed E-state index contributed by atoms with van der Waals surface area (Å²) in [6.45, 7) is 0.843. The smallest absolute Gasteiger partial charge is 0.355 e. The van der Waals surface area contributed by atoms with Gasteiger partial charge in [0, 0.05) is 47.7 Å². The summed E-state index contributed by atoms with van der Waals surface area (Å²) in [5, 5.41) is 22.9. The number of nitrogens with one attached hydrogen (secondary N) is 2. The molecule has 454 valence electrons. The number of thiazole rings is 1. The van der Waals surface area contributed by atoms with Crippen LogP contribution in [0.3, 0.4) is 0 Å². The van der Waals surface area contributed by atoms with Crippen molar-refractivity contribution in [2.75, 3.05) is 17.7 Å². The molecule has 0 radical (unpaired) electrons. The number of amides is 2. The lowest BCUT2D eigenvalue weighted by Crippen LogP contribution is -2.71. The van der Waals surface area contributed by atoms with E-state index in [1.165, 1.54) is 29.3 Å². The first kappa shape index (κ1) is 60.4. The molecule has 17 nitrogen and oxygen atoms in total. The Morgan fingerprint density at radius 2 is 1.18 bits per heavy atom. The van der Waals surface area contributed by atoms with Gasteiger partial charge in [-0.3, -0.25) is 24.1 Å². The Morgan fingerprint density at radius 1 is 0.670 bits per heavy atom. The molecule has 8 aromatic carbocycles. The van der Waals surface area contributed by atoms with Gasteiger partial charge in [0.15, 0.2) is 16.9 Å². The van der Waals surface area contributed by atoms with Crippen molar-refractivity contribution in [1.29, 1.82) is 0 Å². The number of β-lactam (4-membered cyclic amide) rings is 1. The van der Waals surface area contributed by atoms with Crippen molar-refractivity contribution in [3.8, 4) is 5.75 Å². The fourth-order valence-corrected chi connectivity index (χ4v) is 13.5. The Hall–Kier alpha value is -10.9. The molecule has 91 heavy (non-hydrogen) atoms. The number of anilines is 1. The molecule has 19 heteroatoms. The number of carbonyl (C=O) groups excluding carboxylic acids is 4. The van der Waals surface area contributed by atoms with Crippen molar-refractivity contribution in [2.24, 2.45) is 12.2 Å². The summed E-state index contributed by atoms with van der Waals surface area (Å²) in [6, 6.07) is 71.9. The Morgan fingerprint density at radius 3 is 1.68 bits per heavy atom. The second-order valence-corrected chi connectivity index (χ2v) is 23.4. The molecule has 2 aliphatic heterocycles. The van der Waals surface area contributed by atoms with Crippen molar-refractivity contribution < 1.29 is 48.1 Å². The van der Waals surface area contributed by atoms with Gasteiger partial charge in [0.1, 0.15) is 46.8 Å². The van der Waals surface area contributed by atoms with Crippen LogP contribution in [0, 0.1) is 0 Å². The van der Waals surface area contributed by atoms with Crippen molar-refractivity contribution in [3.63, 3.8) is 0 Å². The highest BCUT2D eigenvalue weighted by atomic mass is 32.2. The van der Waals surface area contributed by atoms with Gasteiger partial charge in [0.25, 0.3) is 17.4 Å². The minimum absolute atomic E-state index is 0.0368. The van der Waals surface area contributed by atoms with Gasteiger partial charge in [-0.1, -0.05) is 224 Å². The number of carboxylic acid groups (broad SMARTS) is 1. The number of benzene rings is 8. The number of ether oxygens (including phenoxy) is 3. The molecule has 1 saturated heterocycles. The molecule has 0 bridgehead atoms. The van der Waals surface area contributed by atoms with Crippen molar-refractivity contribution in [1.82, 2.24) is 19.8 Å². The van der Waals surface area contributed by atoms with Gasteiger partial charge in [0.2, 0.25) is 6.10 Å². The third-order valence-electron chi connectivity index (χ3n) is 15.8. The van der Waals surface area contributed by atoms with Crippen LogP contribution < -0.4 is 20.9 Å². The number of carboxylic acids is 1. The molecule has 1 unspecified atom stereocenters. The second-order valence-electron chi connectivity index (χ2n) is 21.4. The maximum Gasteiger partial charge on any atom is 0.355 e. The zero-order valence-corrected chi connectivity index (χ0v) is 50.7. The summed E-state index contributed by atoms with van der Waals surface area (Å²) >= 11 is 2.33. The fraction of sp³-hybridized carbons (Fsp3) is 0.139. The van der Waals surface area contributed by atoms with Crippen LogP contribution in [-0.4, -0.2) is 78.8 Å². The molecule has 0 saturated carbocycles. The lowest BCUT2D eigenvalue weighted by Gasteiger charge is -2.49. The summed E-state index contributed by atoms with van der Waals surface area (Å²) in [6.07, 6.45) is -3.45. The molecule has 2 aromatic heterocycles. The number of carbonyl (C=O) groups is 5. The highest BCUT2D eigenvalue weighted by Gasteiger charge is 2.55. The predicted molar refractivity (Wildman–Crippen MR) is 347 cm³/mol. The van der Waals surface area contributed by atoms with E-state index in [0.717, 1.165) is 44.1 Å². The van der Waals surface area contributed by atoms with Gasteiger partial charge in [-0.25, -0.2) is 14.6 Å². The number of pyridine rings is 1. The van der Waals surface area contributed by atoms with Crippen LogP contribution in [0.15, 0.2) is 263 Å². The number of aryl methyl sites for hydroxylation is 1. The third kappa shape index (κ3) is 12.5. The number of esters is 2. The topological polar surface area (TPSA) is 217 Å². The minimum atomic E-state index is -1.81. The number of aromatic nitrogens is 2. The van der Waals surface area contributed by atoms with Crippen LogP contribution in [0.1, 0.15) is 75.4 Å². The van der Waals surface area contributed by atoms with Crippen molar-refractivity contribution in [3.05, 3.63) is 314 Å². The number of oxime groups is 1. The van der Waals surface area contributed by atoms with Crippen molar-refractivity contribution >= 4 is 74.6 Å². The molecular weight excluding hydrogens is 1190 g/mol. The molecule has 4 heterocycles. The third-order valence-corrected chi connectivity index (χ3v) is 17.9. The van der Waals surface area contributed by atoms with E-state index in [4.69, 9.17) is 24.0 Å². The predicted octanol–water partition coefficient (Wildman–Crippen LogP) is 11.7. The lowest BCUT2D eigenvalue weighted by atomic mass is 9.77. The molecule has 2 aliphatic rings. The quantitative estimate of drug-likeness (QED) is 0.0189. The Kier molecular flexibility index (Phi) is 17.8. The fourth-order valence-electron chi connectivity index (χ4n) is 11.4. The van der Waals surface area contributed by atoms with Crippen LogP contribution in [-0.2, 0) is 50.9 Å². The van der Waals surface area contributed by atoms with Crippen LogP contribution in [0.4, 0.5) is 5.13 Å². The van der Waals surface area contributed by atoms with E-state index < -0.39 is 70.7 Å². The van der Waals surface area contributed by atoms with Gasteiger partial charge in [0.05, 0.1) is 5.52 Å². The standard InChI is InChI=1S/C72H58N6O11S2/c1-45(79)86-42-50-43-90-68-60(67(82)78(68)61(50)69(83)84)74-66(81)59(56-44-91-71(73-56)75-72(51-32-18-7-19-33-51,52-34-20-8-21-35-52)53-36-22-9-23-37-53)76-89-65(70(85)88-64(48-28-14-5-15-29-48)49-30-16-6-17-31-49)55-38-40-57(62-54(55)39-41-58(80)77(62)2)87-63(46-24-10-3-11-25-46)47-26-12-4-13-27-47/h3-41,44,60,63-65,68H,42-43H2,1-2H3,(H,73,75)(H,74,81)(H,83,84)/b76-59-/t60-,65?,68+/m0/s1. The first-order chi connectivity index (χ1) is 44.4. The highest BCUT2D eigenvalue weighted by Crippen LogP contribution is 2.44. The van der Waals surface area contributed by atoms with Gasteiger partial charge in [-0.2, -0.15) is 0 Å². The summed E-state index contributed by atoms with van der Waals surface area (Å²) in [5.74, 6) is -4.36. The minimum Gasteiger partial charge on any atom is -0.479 e. The molecule has 0 spiro atoms. The van der Waals surface area contributed by atoms with E-state index in [9.17, 15) is 24.3 Å². The van der Waals surface area contributed by atoms with E-state index in [1.54, 1.807) is 30.6 Å². The molecule has 12 rings (SSSR count). The van der Waals surface area contributed by atoms with E-state index in [1.807, 2.05) is 212 Å². The Labute approximate surface area is 531 Å². The number of aliphatic carboxylic acids is 1. The summed E-state index contributed by atoms with van der Waals surface area (Å²) in [7, 11) is 1.59. The Balaban J connectivity index is 0.997. The maximum absolute atomic E-state index is 15.7. The van der Waals surface area contributed by atoms with Gasteiger partial charge in [-0.15, -0.1) is 23.1 Å². The average molecular weight is 1250 g/mol. The van der Waals surface area contributed by atoms with Crippen molar-refractivity contribution in [2.45, 2.75) is 42.2 Å². The number of rotatable bonds is 22. The van der Waals surface area contributed by atoms with E-state index in [2.05, 4.69) is 15.8 Å². The summed E-state index contributed by atoms with van der Waals surface area (Å²) in [5.41, 5.74) is 3.88. The van der Waals surface area contributed by atoms with Crippen LogP contribution in [0.5, 0.6) is 5.75 Å². The zero-order chi connectivity index (χ0) is 63.0. The zero-order valence-electron chi connectivity index (χ0n) is 49.0. The molecule has 2 amide bonds. The van der Waals surface area contributed by atoms with Crippen LogP contribution in [0.2, 0.25) is 0 Å². The number of fused-ring (bicyclic) bond motifs is 2. The molecule has 3 N–H and O–H groups in total. The SMILES string of the molecule is CC(=O)OCC1=C(C(=O)O)N2C(=O)[C@H](NC(=O)/C(=N\OC(C(=O)OC(c3ccccc3)c3ccccc3)c3ccc(OC(c4ccccc4)c4ccccc4)c4c3ccc(=O)n4C)c3csc(NC(c4ccccc4)(c4ccccc4)c4ccccc4)n3)[C@H]2SC1. The van der Waals surface area contributed by atoms with Gasteiger partial charge < -0.3 is 39.4 Å². The lowest BCUT2D eigenvalue weighted by molar-refractivity contribution is -0.162. The Bertz CT molecular complexity index is 4250. The molecule has 0 aliphatic carbocycles. The number of thioether (sulfide) groups is 1. The highest BCUT2D eigenvalue weighted by molar-refractivity contribution is 8.00. The van der Waals surface area contributed by atoms with Crippen LogP contribution >= 0.6 is 23.1 Å². The summed E-state index contributed by atoms with van der Waals surface area (Å²) < 4.78 is 20.1. The molecular formula is C72H58N6O11S2. The first-order valence-corrected chi connectivity index (χ1v) is 31.0. The van der Waals surface area contributed by atoms with Gasteiger partial charge in [-0.05, 0) is 51.1 Å². The monoisotopic (exact) mass is 1250 g/mol. The number of hydrogen-bond donors (Lipinski definition) is 3. The number of hydrogen-bond acceptors (Lipinski definition) is 15. The molecule has 10 aromatic rings. The number of nitrogens with zero attached hydrogens (tertiary/aromatic N) is 4. The summed E-state index contributed by atoms with van der Waals surface area (Å²) in [4.78, 5) is 96.5. The van der Waals surface area contributed by atoms with Gasteiger partial charge >= 0.3 is 17.9 Å². The average Bonchev–Trinajstić information content (AvgIpc) is 0.957. The molecule has 3 atom stereocenters. The van der Waals surface area contributed by atoms with Crippen LogP contribution in [0.25, 0.3) is 10.9 Å². The largest absolute Gasteiger partial charge is 0.479 e. The van der Waals surface area contributed by atoms with E-state index in [-0.39, 0.29) is 46.2 Å². The van der Waals surface area contributed by atoms with E-state index >= 15 is 9.59 Å².